The van der Waals surface area contributed by atoms with Crippen LogP contribution in [-0.4, -0.2) is 30.3 Å². The number of alkyl carbamates (subject to hydrolysis) is 1. The first-order valence-electron chi connectivity index (χ1n) is 5.87. The molecule has 1 unspecified atom stereocenters. The predicted octanol–water partition coefficient (Wildman–Crippen LogP) is 1.79. The van der Waals surface area contributed by atoms with Crippen molar-refractivity contribution in [3.05, 3.63) is 0 Å². The molecule has 0 heterocycles. The molecule has 0 saturated carbocycles. The van der Waals surface area contributed by atoms with E-state index in [2.05, 4.69) is 16.7 Å². The molecule has 0 spiro atoms. The monoisotopic (exact) mass is 241 g/mol. The molecule has 0 aliphatic heterocycles. The van der Waals surface area contributed by atoms with E-state index in [0.29, 0.717) is 13.0 Å². The number of hydrogen-bond donors (Lipinski definition) is 2. The van der Waals surface area contributed by atoms with Crippen LogP contribution in [0.5, 0.6) is 0 Å². The van der Waals surface area contributed by atoms with Crippen LogP contribution in [0.25, 0.3) is 0 Å². The van der Waals surface area contributed by atoms with Crippen LogP contribution in [0.15, 0.2) is 0 Å². The van der Waals surface area contributed by atoms with E-state index in [9.17, 15) is 4.79 Å². The summed E-state index contributed by atoms with van der Waals surface area (Å²) in [7, 11) is 0. The topological polar surface area (TPSA) is 74.2 Å². The van der Waals surface area contributed by atoms with Crippen LogP contribution < -0.4 is 10.6 Å². The fraction of sp³-hybridized carbons (Fsp3) is 0.833. The van der Waals surface area contributed by atoms with Gasteiger partial charge in [-0.3, -0.25) is 5.32 Å². The van der Waals surface area contributed by atoms with E-state index in [1.165, 1.54) is 0 Å². The van der Waals surface area contributed by atoms with Gasteiger partial charge in [0.1, 0.15) is 5.60 Å². The molecule has 0 rings (SSSR count). The van der Waals surface area contributed by atoms with Crippen LogP contribution in [-0.2, 0) is 4.74 Å². The standard InChI is InChI=1S/C12H23N3O2/c1-9(2)15-10(8-13)6-7-14-11(16)17-12(3,4)5/h9-10,15H,6-7H2,1-5H3,(H,14,16). The largest absolute Gasteiger partial charge is 0.444 e. The number of nitrogens with zero attached hydrogens (tertiary/aromatic N) is 1. The van der Waals surface area contributed by atoms with Crippen molar-refractivity contribution in [3.63, 3.8) is 0 Å². The Morgan fingerprint density at radius 3 is 2.41 bits per heavy atom. The lowest BCUT2D eigenvalue weighted by Gasteiger charge is -2.20. The maximum atomic E-state index is 11.3. The number of rotatable bonds is 5. The molecule has 1 atom stereocenters. The minimum Gasteiger partial charge on any atom is -0.444 e. The zero-order chi connectivity index (χ0) is 13.5. The molecule has 0 radical (unpaired) electrons. The molecule has 5 heteroatoms. The first-order chi connectivity index (χ1) is 7.74. The SMILES string of the molecule is CC(C)NC(C#N)CCNC(=O)OC(C)(C)C. The molecule has 0 aromatic carbocycles. The van der Waals surface area contributed by atoms with E-state index in [0.717, 1.165) is 0 Å². The van der Waals surface area contributed by atoms with Gasteiger partial charge in [0.25, 0.3) is 0 Å². The highest BCUT2D eigenvalue weighted by atomic mass is 16.6. The summed E-state index contributed by atoms with van der Waals surface area (Å²) in [5.74, 6) is 0. The summed E-state index contributed by atoms with van der Waals surface area (Å²) in [6.45, 7) is 9.81. The number of carbonyl (C=O) groups excluding carboxylic acids is 1. The average molecular weight is 241 g/mol. The zero-order valence-electron chi connectivity index (χ0n) is 11.3. The lowest BCUT2D eigenvalue weighted by Crippen LogP contribution is -2.38. The third-order valence-corrected chi connectivity index (χ3v) is 1.79. The van der Waals surface area contributed by atoms with Crippen molar-refractivity contribution in [1.29, 1.82) is 5.26 Å². The van der Waals surface area contributed by atoms with Gasteiger partial charge in [0, 0.05) is 12.6 Å². The molecule has 0 aromatic rings. The maximum Gasteiger partial charge on any atom is 0.407 e. The average Bonchev–Trinajstić information content (AvgIpc) is 2.12. The third-order valence-electron chi connectivity index (χ3n) is 1.79. The van der Waals surface area contributed by atoms with E-state index < -0.39 is 11.7 Å². The Labute approximate surface area is 104 Å². The van der Waals surface area contributed by atoms with Gasteiger partial charge < -0.3 is 10.1 Å². The lowest BCUT2D eigenvalue weighted by molar-refractivity contribution is 0.0526. The summed E-state index contributed by atoms with van der Waals surface area (Å²) >= 11 is 0. The molecular weight excluding hydrogens is 218 g/mol. The van der Waals surface area contributed by atoms with Crippen molar-refractivity contribution in [2.24, 2.45) is 0 Å². The number of hydrogen-bond acceptors (Lipinski definition) is 4. The Balaban J connectivity index is 3.83. The Morgan fingerprint density at radius 2 is 2.00 bits per heavy atom. The number of carbonyl (C=O) groups is 1. The van der Waals surface area contributed by atoms with Crippen molar-refractivity contribution < 1.29 is 9.53 Å². The smallest absolute Gasteiger partial charge is 0.407 e. The fourth-order valence-corrected chi connectivity index (χ4v) is 1.22. The Kier molecular flexibility index (Phi) is 6.59. The molecule has 2 N–H and O–H groups in total. The lowest BCUT2D eigenvalue weighted by atomic mass is 10.2. The van der Waals surface area contributed by atoms with Gasteiger partial charge in [-0.25, -0.2) is 4.79 Å². The third kappa shape index (κ3) is 9.64. The Bertz CT molecular complexity index is 276. The highest BCUT2D eigenvalue weighted by Gasteiger charge is 2.16. The first kappa shape index (κ1) is 15.7. The predicted molar refractivity (Wildman–Crippen MR) is 66.5 cm³/mol. The summed E-state index contributed by atoms with van der Waals surface area (Å²) in [4.78, 5) is 11.3. The zero-order valence-corrected chi connectivity index (χ0v) is 11.3. The minimum atomic E-state index is -0.491. The second kappa shape index (κ2) is 7.13. The molecular formula is C12H23N3O2. The summed E-state index contributed by atoms with van der Waals surface area (Å²) in [6, 6.07) is 2.16. The van der Waals surface area contributed by atoms with Crippen LogP contribution in [0.4, 0.5) is 4.79 Å². The molecule has 0 aliphatic carbocycles. The molecule has 17 heavy (non-hydrogen) atoms. The molecule has 0 saturated heterocycles. The molecule has 0 aromatic heterocycles. The number of nitrogens with one attached hydrogen (secondary N) is 2. The van der Waals surface area contributed by atoms with Gasteiger partial charge in [0.05, 0.1) is 12.1 Å². The van der Waals surface area contributed by atoms with E-state index in [1.54, 1.807) is 0 Å². The van der Waals surface area contributed by atoms with Gasteiger partial charge >= 0.3 is 6.09 Å². The van der Waals surface area contributed by atoms with E-state index in [4.69, 9.17) is 10.00 Å². The van der Waals surface area contributed by atoms with Gasteiger partial charge in [-0.05, 0) is 41.0 Å². The Morgan fingerprint density at radius 1 is 1.41 bits per heavy atom. The normalized spacial score (nSPS) is 13.0. The number of amides is 1. The highest BCUT2D eigenvalue weighted by Crippen LogP contribution is 2.06. The number of nitriles is 1. The van der Waals surface area contributed by atoms with Gasteiger partial charge in [-0.1, -0.05) is 0 Å². The highest BCUT2D eigenvalue weighted by molar-refractivity contribution is 5.67. The van der Waals surface area contributed by atoms with Gasteiger partial charge in [0.2, 0.25) is 0 Å². The molecule has 98 valence electrons. The Hall–Kier alpha value is -1.28. The van der Waals surface area contributed by atoms with E-state index in [1.807, 2.05) is 34.6 Å². The second-order valence-electron chi connectivity index (χ2n) is 5.22. The summed E-state index contributed by atoms with van der Waals surface area (Å²) in [5, 5.41) is 14.6. The van der Waals surface area contributed by atoms with Crippen LogP contribution in [0.3, 0.4) is 0 Å². The van der Waals surface area contributed by atoms with Crippen molar-refractivity contribution in [2.45, 2.75) is 58.7 Å². The first-order valence-corrected chi connectivity index (χ1v) is 5.87. The van der Waals surface area contributed by atoms with Crippen LogP contribution in [0, 0.1) is 11.3 Å². The molecule has 0 aliphatic rings. The van der Waals surface area contributed by atoms with Gasteiger partial charge in [-0.2, -0.15) is 5.26 Å². The van der Waals surface area contributed by atoms with Crippen LogP contribution in [0.1, 0.15) is 41.0 Å². The molecule has 0 fully saturated rings. The second-order valence-corrected chi connectivity index (χ2v) is 5.22. The summed E-state index contributed by atoms with van der Waals surface area (Å²) in [6.07, 6.45) is 0.118. The molecule has 1 amide bonds. The fourth-order valence-electron chi connectivity index (χ4n) is 1.22. The molecule has 5 nitrogen and oxygen atoms in total. The maximum absolute atomic E-state index is 11.3. The van der Waals surface area contributed by atoms with Gasteiger partial charge in [0.15, 0.2) is 0 Å². The quantitative estimate of drug-likeness (QED) is 0.769. The number of ether oxygens (including phenoxy) is 1. The van der Waals surface area contributed by atoms with Crippen LogP contribution in [0.2, 0.25) is 0 Å². The van der Waals surface area contributed by atoms with Gasteiger partial charge in [-0.15, -0.1) is 0 Å². The summed E-state index contributed by atoms with van der Waals surface area (Å²) in [5.41, 5.74) is -0.491. The minimum absolute atomic E-state index is 0.245. The van der Waals surface area contributed by atoms with Crippen molar-refractivity contribution in [2.75, 3.05) is 6.54 Å². The molecule has 0 bridgehead atoms. The van der Waals surface area contributed by atoms with E-state index >= 15 is 0 Å². The van der Waals surface area contributed by atoms with Crippen LogP contribution >= 0.6 is 0 Å². The van der Waals surface area contributed by atoms with Crippen molar-refractivity contribution in [3.8, 4) is 6.07 Å². The van der Waals surface area contributed by atoms with Crippen molar-refractivity contribution >= 4 is 6.09 Å². The van der Waals surface area contributed by atoms with Crippen molar-refractivity contribution in [1.82, 2.24) is 10.6 Å². The summed E-state index contributed by atoms with van der Waals surface area (Å²) < 4.78 is 5.08. The van der Waals surface area contributed by atoms with E-state index in [-0.39, 0.29) is 12.1 Å².